The molecule has 152 valence electrons. The van der Waals surface area contributed by atoms with E-state index in [0.717, 1.165) is 24.3 Å². The molecule has 0 aliphatic carbocycles. The van der Waals surface area contributed by atoms with Crippen LogP contribution in [0.3, 0.4) is 0 Å². The topological polar surface area (TPSA) is 75.1 Å². The van der Waals surface area contributed by atoms with Crippen LogP contribution >= 0.6 is 0 Å². The minimum absolute atomic E-state index is 0.195. The smallest absolute Gasteiger partial charge is 0.416 e. The average molecular weight is 412 g/mol. The van der Waals surface area contributed by atoms with E-state index in [9.17, 15) is 36.6 Å². The number of hydrogen-bond acceptors (Lipinski definition) is 3. The zero-order chi connectivity index (χ0) is 21.5. The number of halogens is 5. The summed E-state index contributed by atoms with van der Waals surface area (Å²) in [5.74, 6) is -3.09. The predicted octanol–water partition coefficient (Wildman–Crippen LogP) is 3.56. The maximum Gasteiger partial charge on any atom is 0.416 e. The van der Waals surface area contributed by atoms with Crippen LogP contribution in [0.25, 0.3) is 11.1 Å². The molecule has 0 amide bonds. The Morgan fingerprint density at radius 3 is 2.38 bits per heavy atom. The highest BCUT2D eigenvalue weighted by Crippen LogP contribution is 2.34. The number of rotatable bonds is 3. The second-order valence-corrected chi connectivity index (χ2v) is 6.21. The first-order valence-corrected chi connectivity index (χ1v) is 8.18. The predicted molar refractivity (Wildman–Crippen MR) is 93.6 cm³/mol. The molecule has 0 spiro atoms. The summed E-state index contributed by atoms with van der Waals surface area (Å²) in [5.41, 5.74) is -5.10. The van der Waals surface area contributed by atoms with Gasteiger partial charge in [-0.1, -0.05) is 18.2 Å². The Kier molecular flexibility index (Phi) is 5.04. The molecule has 5 nitrogen and oxygen atoms in total. The van der Waals surface area contributed by atoms with Crippen LogP contribution in [0.1, 0.15) is 16.8 Å². The van der Waals surface area contributed by atoms with Gasteiger partial charge in [0.25, 0.3) is 5.56 Å². The van der Waals surface area contributed by atoms with Crippen molar-refractivity contribution in [1.29, 1.82) is 0 Å². The number of aromatic nitrogens is 2. The lowest BCUT2D eigenvalue weighted by Crippen LogP contribution is -2.34. The van der Waals surface area contributed by atoms with Crippen LogP contribution in [0.4, 0.5) is 22.0 Å². The second-order valence-electron chi connectivity index (χ2n) is 6.21. The average Bonchev–Trinajstić information content (AvgIpc) is 2.62. The molecule has 2 N–H and O–H groups in total. The molecule has 10 heteroatoms. The van der Waals surface area contributed by atoms with Crippen LogP contribution in [0.5, 0.6) is 5.75 Å². The van der Waals surface area contributed by atoms with Crippen molar-refractivity contribution in [3.63, 3.8) is 0 Å². The van der Waals surface area contributed by atoms with E-state index in [-0.39, 0.29) is 16.8 Å². The van der Waals surface area contributed by atoms with Crippen molar-refractivity contribution in [1.82, 2.24) is 9.55 Å². The van der Waals surface area contributed by atoms with Gasteiger partial charge in [-0.05, 0) is 25.1 Å². The van der Waals surface area contributed by atoms with Crippen LogP contribution < -0.4 is 11.2 Å². The highest BCUT2D eigenvalue weighted by atomic mass is 19.4. The Morgan fingerprint density at radius 2 is 1.72 bits per heavy atom. The molecule has 2 aromatic carbocycles. The molecule has 3 rings (SSSR count). The fourth-order valence-electron chi connectivity index (χ4n) is 3.04. The van der Waals surface area contributed by atoms with Crippen molar-refractivity contribution in [2.75, 3.05) is 0 Å². The van der Waals surface area contributed by atoms with Crippen molar-refractivity contribution in [2.45, 2.75) is 19.6 Å². The number of H-pyrrole nitrogens is 1. The van der Waals surface area contributed by atoms with Gasteiger partial charge in [0, 0.05) is 16.8 Å². The van der Waals surface area contributed by atoms with Gasteiger partial charge in [0.05, 0.1) is 17.7 Å². The number of nitrogens with zero attached hydrogens (tertiary/aromatic N) is 1. The third kappa shape index (κ3) is 3.65. The summed E-state index contributed by atoms with van der Waals surface area (Å²) in [4.78, 5) is 26.4. The fraction of sp³-hybridized carbons (Fsp3) is 0.158. The summed E-state index contributed by atoms with van der Waals surface area (Å²) in [6.45, 7) is 0.361. The summed E-state index contributed by atoms with van der Waals surface area (Å²) >= 11 is 0. The Balaban J connectivity index is 2.26. The zero-order valence-electron chi connectivity index (χ0n) is 14.8. The van der Waals surface area contributed by atoms with Crippen molar-refractivity contribution >= 4 is 0 Å². The zero-order valence-corrected chi connectivity index (χ0v) is 14.8. The maximum atomic E-state index is 14.3. The number of aromatic amines is 1. The first-order valence-electron chi connectivity index (χ1n) is 8.18. The minimum Gasteiger partial charge on any atom is -0.505 e. The molecule has 0 aliphatic rings. The van der Waals surface area contributed by atoms with Crippen LogP contribution in [-0.2, 0) is 12.7 Å². The molecule has 0 aliphatic heterocycles. The summed E-state index contributed by atoms with van der Waals surface area (Å²) in [5, 5.41) is 9.53. The molecule has 0 unspecified atom stereocenters. The molecule has 0 saturated carbocycles. The molecule has 0 saturated heterocycles. The quantitative estimate of drug-likeness (QED) is 0.646. The van der Waals surface area contributed by atoms with Gasteiger partial charge in [0.2, 0.25) is 0 Å². The lowest BCUT2D eigenvalue weighted by atomic mass is 10.0. The summed E-state index contributed by atoms with van der Waals surface area (Å²) in [6, 6.07) is 5.81. The monoisotopic (exact) mass is 412 g/mol. The van der Waals surface area contributed by atoms with Crippen LogP contribution in [0.2, 0.25) is 0 Å². The van der Waals surface area contributed by atoms with Gasteiger partial charge >= 0.3 is 11.9 Å². The second kappa shape index (κ2) is 7.19. The number of phenolic OH excluding ortho intramolecular Hbond substituents is 1. The standard InChI is InChI=1S/C19H13F5N2O3/c1-9-15(10-4-2-7-14(27)16(10)21)17(28)25-18(29)26(9)8-11-12(19(22,23)24)5-3-6-13(11)20/h2-7,27H,8H2,1H3,(H,25,28,29). The molecular formula is C19H13F5N2O3. The Hall–Kier alpha value is -3.43. The highest BCUT2D eigenvalue weighted by molar-refractivity contribution is 5.67. The van der Waals surface area contributed by atoms with Crippen molar-refractivity contribution in [3.8, 4) is 16.9 Å². The largest absolute Gasteiger partial charge is 0.505 e. The minimum atomic E-state index is -4.88. The summed E-state index contributed by atoms with van der Waals surface area (Å²) in [7, 11) is 0. The van der Waals surface area contributed by atoms with Gasteiger partial charge in [0.15, 0.2) is 11.6 Å². The Morgan fingerprint density at radius 1 is 1.07 bits per heavy atom. The molecule has 0 bridgehead atoms. The van der Waals surface area contributed by atoms with E-state index in [1.165, 1.54) is 13.0 Å². The van der Waals surface area contributed by atoms with Gasteiger partial charge in [-0.25, -0.2) is 13.6 Å². The van der Waals surface area contributed by atoms with E-state index in [1.54, 1.807) is 0 Å². The molecule has 3 aromatic rings. The Bertz CT molecular complexity index is 1210. The van der Waals surface area contributed by atoms with Crippen LogP contribution in [-0.4, -0.2) is 14.7 Å². The van der Waals surface area contributed by atoms with Gasteiger partial charge in [-0.3, -0.25) is 14.3 Å². The lowest BCUT2D eigenvalue weighted by molar-refractivity contribution is -0.138. The van der Waals surface area contributed by atoms with E-state index in [4.69, 9.17) is 0 Å². The van der Waals surface area contributed by atoms with Gasteiger partial charge in [-0.2, -0.15) is 13.2 Å². The number of aromatic hydroxyl groups is 1. The van der Waals surface area contributed by atoms with E-state index < -0.39 is 52.5 Å². The number of benzene rings is 2. The highest BCUT2D eigenvalue weighted by Gasteiger charge is 2.34. The number of alkyl halides is 3. The first-order chi connectivity index (χ1) is 13.5. The molecule has 0 radical (unpaired) electrons. The van der Waals surface area contributed by atoms with Crippen molar-refractivity contribution < 1.29 is 27.1 Å². The molecule has 29 heavy (non-hydrogen) atoms. The molecule has 1 aromatic heterocycles. The summed E-state index contributed by atoms with van der Waals surface area (Å²) in [6.07, 6.45) is -4.88. The number of nitrogens with one attached hydrogen (secondary N) is 1. The molecule has 1 heterocycles. The van der Waals surface area contributed by atoms with Gasteiger partial charge < -0.3 is 5.11 Å². The first kappa shape index (κ1) is 20.3. The van der Waals surface area contributed by atoms with Gasteiger partial charge in [0.1, 0.15) is 5.82 Å². The maximum absolute atomic E-state index is 14.3. The third-order valence-electron chi connectivity index (χ3n) is 4.45. The third-order valence-corrected chi connectivity index (χ3v) is 4.45. The van der Waals surface area contributed by atoms with Crippen molar-refractivity contribution in [3.05, 3.63) is 85.7 Å². The summed E-state index contributed by atoms with van der Waals surface area (Å²) < 4.78 is 68.9. The van der Waals surface area contributed by atoms with E-state index in [1.807, 2.05) is 4.98 Å². The number of hydrogen-bond donors (Lipinski definition) is 2. The molecular weight excluding hydrogens is 399 g/mol. The van der Waals surface area contributed by atoms with E-state index in [0.29, 0.717) is 10.6 Å². The van der Waals surface area contributed by atoms with Crippen LogP contribution in [0.15, 0.2) is 46.0 Å². The number of phenols is 1. The van der Waals surface area contributed by atoms with E-state index >= 15 is 0 Å². The van der Waals surface area contributed by atoms with Crippen molar-refractivity contribution in [2.24, 2.45) is 0 Å². The lowest BCUT2D eigenvalue weighted by Gasteiger charge is -2.17. The van der Waals surface area contributed by atoms with Crippen LogP contribution in [0, 0.1) is 18.6 Å². The Labute approximate surface area is 159 Å². The molecule has 0 fully saturated rings. The normalized spacial score (nSPS) is 11.7. The SMILES string of the molecule is Cc1c(-c2cccc(O)c2F)c(=O)[nH]c(=O)n1Cc1c(F)cccc1C(F)(F)F. The molecule has 0 atom stereocenters. The van der Waals surface area contributed by atoms with E-state index in [2.05, 4.69) is 0 Å². The fourth-order valence-corrected chi connectivity index (χ4v) is 3.04. The van der Waals surface area contributed by atoms with Gasteiger partial charge in [-0.15, -0.1) is 0 Å².